The Morgan fingerprint density at radius 2 is 1.70 bits per heavy atom. The lowest BCUT2D eigenvalue weighted by Gasteiger charge is -2.25. The molecule has 0 aliphatic heterocycles. The Hall–Kier alpha value is -2.57. The van der Waals surface area contributed by atoms with Crippen molar-refractivity contribution in [3.05, 3.63) is 35.9 Å². The molecule has 0 spiro atoms. The standard InChI is InChI=1S/C20H30N2O5/c1-5-14(4)17(18(23)21-16(19(24)25)11-13(2)3)22-20(26)27-12-15-9-7-6-8-10-15/h6-10,13-14,16-17H,5,11-12H2,1-4H3,(H,21,23)(H,22,26)(H,24,25)/t14-,16+,17-/m1/s1. The minimum absolute atomic E-state index is 0.0899. The van der Waals surface area contributed by atoms with E-state index in [1.54, 1.807) is 0 Å². The van der Waals surface area contributed by atoms with Crippen molar-refractivity contribution in [1.82, 2.24) is 10.6 Å². The van der Waals surface area contributed by atoms with Gasteiger partial charge in [-0.15, -0.1) is 0 Å². The van der Waals surface area contributed by atoms with Gasteiger partial charge in [-0.25, -0.2) is 9.59 Å². The molecule has 1 aromatic rings. The molecule has 7 nitrogen and oxygen atoms in total. The van der Waals surface area contributed by atoms with Crippen LogP contribution in [0.5, 0.6) is 0 Å². The molecule has 0 saturated carbocycles. The van der Waals surface area contributed by atoms with E-state index in [-0.39, 0.29) is 18.4 Å². The minimum Gasteiger partial charge on any atom is -0.480 e. The first-order valence-electron chi connectivity index (χ1n) is 9.24. The molecule has 3 N–H and O–H groups in total. The number of carbonyl (C=O) groups is 3. The molecule has 3 atom stereocenters. The van der Waals surface area contributed by atoms with E-state index < -0.39 is 30.1 Å². The van der Waals surface area contributed by atoms with E-state index in [1.807, 2.05) is 58.0 Å². The highest BCUT2D eigenvalue weighted by Gasteiger charge is 2.30. The molecule has 0 saturated heterocycles. The lowest BCUT2D eigenvalue weighted by atomic mass is 9.97. The summed E-state index contributed by atoms with van der Waals surface area (Å²) in [5, 5.41) is 14.4. The van der Waals surface area contributed by atoms with Crippen LogP contribution in [-0.2, 0) is 20.9 Å². The average Bonchev–Trinajstić information content (AvgIpc) is 2.63. The van der Waals surface area contributed by atoms with Crippen molar-refractivity contribution in [2.24, 2.45) is 11.8 Å². The normalized spacial score (nSPS) is 14.1. The number of carbonyl (C=O) groups excluding carboxylic acids is 2. The molecule has 0 heterocycles. The predicted molar refractivity (Wildman–Crippen MR) is 102 cm³/mol. The largest absolute Gasteiger partial charge is 0.480 e. The van der Waals surface area contributed by atoms with Gasteiger partial charge in [-0.3, -0.25) is 4.79 Å². The molecule has 0 radical (unpaired) electrons. The zero-order chi connectivity index (χ0) is 20.4. The zero-order valence-corrected chi connectivity index (χ0v) is 16.4. The first-order valence-corrected chi connectivity index (χ1v) is 9.24. The molecule has 0 bridgehead atoms. The van der Waals surface area contributed by atoms with E-state index in [0.717, 1.165) is 5.56 Å². The Balaban J connectivity index is 2.71. The summed E-state index contributed by atoms with van der Waals surface area (Å²) < 4.78 is 5.17. The number of aliphatic carboxylic acids is 1. The number of benzene rings is 1. The van der Waals surface area contributed by atoms with Gasteiger partial charge in [0.1, 0.15) is 18.7 Å². The van der Waals surface area contributed by atoms with Crippen molar-refractivity contribution in [2.45, 2.75) is 59.2 Å². The highest BCUT2D eigenvalue weighted by atomic mass is 16.5. The van der Waals surface area contributed by atoms with Crippen LogP contribution in [0.1, 0.15) is 46.1 Å². The third-order valence-corrected chi connectivity index (χ3v) is 4.30. The maximum atomic E-state index is 12.6. The highest BCUT2D eigenvalue weighted by molar-refractivity contribution is 5.89. The molecular formula is C20H30N2O5. The summed E-state index contributed by atoms with van der Waals surface area (Å²) >= 11 is 0. The number of alkyl carbamates (subject to hydrolysis) is 1. The Morgan fingerprint density at radius 1 is 1.07 bits per heavy atom. The summed E-state index contributed by atoms with van der Waals surface area (Å²) in [6.07, 6.45) is 0.237. The summed E-state index contributed by atoms with van der Waals surface area (Å²) in [7, 11) is 0. The fourth-order valence-corrected chi connectivity index (χ4v) is 2.55. The second kappa shape index (κ2) is 11.2. The van der Waals surface area contributed by atoms with Gasteiger partial charge in [-0.05, 0) is 23.8 Å². The summed E-state index contributed by atoms with van der Waals surface area (Å²) in [4.78, 5) is 36.1. The molecule has 7 heteroatoms. The Kier molecular flexibility index (Phi) is 9.33. The van der Waals surface area contributed by atoms with Crippen molar-refractivity contribution in [2.75, 3.05) is 0 Å². The topological polar surface area (TPSA) is 105 Å². The second-order valence-corrected chi connectivity index (χ2v) is 7.10. The molecule has 1 rings (SSSR count). The third-order valence-electron chi connectivity index (χ3n) is 4.30. The Morgan fingerprint density at radius 3 is 2.22 bits per heavy atom. The van der Waals surface area contributed by atoms with Gasteiger partial charge < -0.3 is 20.5 Å². The molecule has 150 valence electrons. The first-order chi connectivity index (χ1) is 12.7. The molecule has 0 fully saturated rings. The van der Waals surface area contributed by atoms with Gasteiger partial charge >= 0.3 is 12.1 Å². The number of hydrogen-bond donors (Lipinski definition) is 3. The summed E-state index contributed by atoms with van der Waals surface area (Å²) in [6.45, 7) is 7.57. The van der Waals surface area contributed by atoms with E-state index >= 15 is 0 Å². The summed E-state index contributed by atoms with van der Waals surface area (Å²) in [5.41, 5.74) is 0.833. The first kappa shape index (κ1) is 22.5. The van der Waals surface area contributed by atoms with Gasteiger partial charge in [0, 0.05) is 0 Å². The Labute approximate surface area is 160 Å². The van der Waals surface area contributed by atoms with Crippen LogP contribution in [0.15, 0.2) is 30.3 Å². The van der Waals surface area contributed by atoms with Crippen LogP contribution in [0, 0.1) is 11.8 Å². The van der Waals surface area contributed by atoms with Crippen molar-refractivity contribution in [3.8, 4) is 0 Å². The Bertz CT molecular complexity index is 618. The number of ether oxygens (including phenoxy) is 1. The molecule has 0 aliphatic rings. The third kappa shape index (κ3) is 8.11. The van der Waals surface area contributed by atoms with Crippen LogP contribution in [0.2, 0.25) is 0 Å². The number of rotatable bonds is 10. The molecule has 0 unspecified atom stereocenters. The van der Waals surface area contributed by atoms with Gasteiger partial charge in [-0.1, -0.05) is 64.4 Å². The van der Waals surface area contributed by atoms with Crippen LogP contribution in [0.3, 0.4) is 0 Å². The molecule has 27 heavy (non-hydrogen) atoms. The lowest BCUT2D eigenvalue weighted by molar-refractivity contribution is -0.142. The van der Waals surface area contributed by atoms with Gasteiger partial charge in [0.2, 0.25) is 5.91 Å². The molecule has 0 aromatic heterocycles. The number of hydrogen-bond acceptors (Lipinski definition) is 4. The average molecular weight is 378 g/mol. The van der Waals surface area contributed by atoms with Crippen molar-refractivity contribution in [1.29, 1.82) is 0 Å². The van der Waals surface area contributed by atoms with Crippen LogP contribution in [-0.4, -0.2) is 35.2 Å². The minimum atomic E-state index is -1.09. The van der Waals surface area contributed by atoms with E-state index in [9.17, 15) is 19.5 Å². The van der Waals surface area contributed by atoms with Crippen LogP contribution < -0.4 is 10.6 Å². The van der Waals surface area contributed by atoms with Gasteiger partial charge in [-0.2, -0.15) is 0 Å². The quantitative estimate of drug-likeness (QED) is 0.581. The molecule has 2 amide bonds. The van der Waals surface area contributed by atoms with Gasteiger partial charge in [0.25, 0.3) is 0 Å². The fraction of sp³-hybridized carbons (Fsp3) is 0.550. The van der Waals surface area contributed by atoms with Crippen molar-refractivity contribution < 1.29 is 24.2 Å². The van der Waals surface area contributed by atoms with Crippen LogP contribution in [0.4, 0.5) is 4.79 Å². The summed E-state index contributed by atoms with van der Waals surface area (Å²) in [5.74, 6) is -1.68. The smallest absolute Gasteiger partial charge is 0.408 e. The van der Waals surface area contributed by atoms with Crippen molar-refractivity contribution >= 4 is 18.0 Å². The highest BCUT2D eigenvalue weighted by Crippen LogP contribution is 2.11. The van der Waals surface area contributed by atoms with Crippen molar-refractivity contribution in [3.63, 3.8) is 0 Å². The second-order valence-electron chi connectivity index (χ2n) is 7.10. The number of carboxylic acid groups (broad SMARTS) is 1. The van der Waals surface area contributed by atoms with Gasteiger partial charge in [0.05, 0.1) is 0 Å². The van der Waals surface area contributed by atoms with E-state index in [0.29, 0.717) is 12.8 Å². The maximum Gasteiger partial charge on any atom is 0.408 e. The number of amides is 2. The lowest BCUT2D eigenvalue weighted by Crippen LogP contribution is -2.54. The monoisotopic (exact) mass is 378 g/mol. The number of nitrogens with one attached hydrogen (secondary N) is 2. The van der Waals surface area contributed by atoms with E-state index in [4.69, 9.17) is 4.74 Å². The van der Waals surface area contributed by atoms with Crippen LogP contribution in [0.25, 0.3) is 0 Å². The number of carboxylic acids is 1. The SMILES string of the molecule is CC[C@@H](C)[C@@H](NC(=O)OCc1ccccc1)C(=O)N[C@@H](CC(C)C)C(=O)O. The molecule has 1 aromatic carbocycles. The fourth-order valence-electron chi connectivity index (χ4n) is 2.55. The molecule has 0 aliphatic carbocycles. The van der Waals surface area contributed by atoms with Crippen LogP contribution >= 0.6 is 0 Å². The summed E-state index contributed by atoms with van der Waals surface area (Å²) in [6, 6.07) is 7.34. The maximum absolute atomic E-state index is 12.6. The predicted octanol–water partition coefficient (Wildman–Crippen LogP) is 2.94. The van der Waals surface area contributed by atoms with E-state index in [1.165, 1.54) is 0 Å². The van der Waals surface area contributed by atoms with Gasteiger partial charge in [0.15, 0.2) is 0 Å². The van der Waals surface area contributed by atoms with E-state index in [2.05, 4.69) is 10.6 Å². The molecular weight excluding hydrogens is 348 g/mol. The zero-order valence-electron chi connectivity index (χ0n) is 16.4.